The molecule has 0 N–H and O–H groups in total. The van der Waals surface area contributed by atoms with Crippen molar-refractivity contribution >= 4 is 0 Å². The first kappa shape index (κ1) is 10.7. The number of rotatable bonds is 4. The minimum absolute atomic E-state index is 0.00431. The molecule has 0 rings (SSSR count). The first-order valence-electron chi connectivity index (χ1n) is 3.25. The largest absolute Gasteiger partial charge is 0.378 e. The monoisotopic (exact) mass is 170 g/mol. The molecule has 4 heteroatoms. The molecule has 0 aromatic carbocycles. The second-order valence-electron chi connectivity index (χ2n) is 2.61. The van der Waals surface area contributed by atoms with Crippen LogP contribution in [0.15, 0.2) is 0 Å². The highest BCUT2D eigenvalue weighted by molar-refractivity contribution is 4.83. The van der Waals surface area contributed by atoms with Crippen LogP contribution in [0.5, 0.6) is 0 Å². The maximum atomic E-state index is 12.1. The van der Waals surface area contributed by atoms with E-state index in [4.69, 9.17) is 0 Å². The Hall–Kier alpha value is -0.280. The van der Waals surface area contributed by atoms with Crippen LogP contribution in [0.3, 0.4) is 0 Å². The number of hydrogen-bond donors (Lipinski definition) is 0. The van der Waals surface area contributed by atoms with Crippen LogP contribution in [0.25, 0.3) is 0 Å². The highest BCUT2D eigenvalue weighted by atomic mass is 19.3. The Morgan fingerprint density at radius 3 is 2.18 bits per heavy atom. The Bertz CT molecular complexity index is 109. The maximum absolute atomic E-state index is 12.1. The van der Waals surface area contributed by atoms with Gasteiger partial charge < -0.3 is 0 Å². The molecule has 0 heterocycles. The molecule has 0 aliphatic carbocycles. The summed E-state index contributed by atoms with van der Waals surface area (Å²) in [6.45, 7) is 5.02. The normalized spacial score (nSPS) is 13.1. The molecule has 0 fully saturated rings. The van der Waals surface area contributed by atoms with Gasteiger partial charge in [-0.05, 0) is 12.3 Å². The van der Waals surface area contributed by atoms with Crippen molar-refractivity contribution < 1.29 is 17.6 Å². The topological polar surface area (TPSA) is 0 Å². The predicted molar refractivity (Wildman–Crippen MR) is 34.2 cm³/mol. The predicted octanol–water partition coefficient (Wildman–Crippen LogP) is 3.30. The first-order valence-corrected chi connectivity index (χ1v) is 3.25. The van der Waals surface area contributed by atoms with E-state index in [0.717, 1.165) is 0 Å². The zero-order chi connectivity index (χ0) is 9.07. The van der Waals surface area contributed by atoms with Gasteiger partial charge in [0, 0.05) is 6.42 Å². The van der Waals surface area contributed by atoms with Crippen LogP contribution in [0.1, 0.15) is 19.8 Å². The van der Waals surface area contributed by atoms with Gasteiger partial charge in [-0.1, -0.05) is 13.8 Å². The van der Waals surface area contributed by atoms with Gasteiger partial charge in [0.05, 0.1) is 0 Å². The third-order valence-electron chi connectivity index (χ3n) is 1.23. The average Bonchev–Trinajstić information content (AvgIpc) is 1.84. The SMILES string of the molecule is [CH2]C(C)CCC(F)(F)[C](F)F. The van der Waals surface area contributed by atoms with Crippen LogP contribution in [-0.2, 0) is 0 Å². The second kappa shape index (κ2) is 3.93. The van der Waals surface area contributed by atoms with Crippen molar-refractivity contribution in [3.05, 3.63) is 13.3 Å². The third-order valence-corrected chi connectivity index (χ3v) is 1.23. The third kappa shape index (κ3) is 4.22. The number of alkyl halides is 2. The highest BCUT2D eigenvalue weighted by Crippen LogP contribution is 2.34. The highest BCUT2D eigenvalue weighted by Gasteiger charge is 2.42. The summed E-state index contributed by atoms with van der Waals surface area (Å²) < 4.78 is 47.0. The summed E-state index contributed by atoms with van der Waals surface area (Å²) in [4.78, 5) is 0. The maximum Gasteiger partial charge on any atom is 0.378 e. The summed E-state index contributed by atoms with van der Waals surface area (Å²) in [7, 11) is 0. The summed E-state index contributed by atoms with van der Waals surface area (Å²) in [5.74, 6) is -4.15. The van der Waals surface area contributed by atoms with Crippen LogP contribution in [0.4, 0.5) is 17.6 Å². The van der Waals surface area contributed by atoms with E-state index in [1.54, 1.807) is 6.92 Å². The molecule has 0 bridgehead atoms. The Morgan fingerprint density at radius 2 is 1.91 bits per heavy atom. The molecule has 0 nitrogen and oxygen atoms in total. The van der Waals surface area contributed by atoms with E-state index in [2.05, 4.69) is 6.92 Å². The van der Waals surface area contributed by atoms with Gasteiger partial charge in [0.2, 0.25) is 0 Å². The Balaban J connectivity index is 3.73. The van der Waals surface area contributed by atoms with Crippen LogP contribution in [-0.4, -0.2) is 5.92 Å². The van der Waals surface area contributed by atoms with Crippen molar-refractivity contribution in [3.63, 3.8) is 0 Å². The molecular formula is C7H10F4. The van der Waals surface area contributed by atoms with E-state index in [-0.39, 0.29) is 12.3 Å². The van der Waals surface area contributed by atoms with E-state index in [1.165, 1.54) is 0 Å². The van der Waals surface area contributed by atoms with E-state index in [0.29, 0.717) is 0 Å². The minimum Gasteiger partial charge on any atom is -0.200 e. The van der Waals surface area contributed by atoms with Gasteiger partial charge in [0.1, 0.15) is 0 Å². The van der Waals surface area contributed by atoms with Gasteiger partial charge in [-0.3, -0.25) is 0 Å². The fraction of sp³-hybridized carbons (Fsp3) is 0.714. The van der Waals surface area contributed by atoms with Gasteiger partial charge in [-0.15, -0.1) is 0 Å². The molecule has 0 aromatic heterocycles. The van der Waals surface area contributed by atoms with E-state index in [9.17, 15) is 17.6 Å². The second-order valence-corrected chi connectivity index (χ2v) is 2.61. The zero-order valence-corrected chi connectivity index (χ0v) is 6.21. The standard InChI is InChI=1S/C7H10F4/c1-5(2)3-4-7(10,11)6(8)9/h5H,1,3-4H2,2H3. The molecule has 0 aliphatic rings. The summed E-state index contributed by atoms with van der Waals surface area (Å²) in [5.41, 5.74) is 0. The molecule has 0 spiro atoms. The van der Waals surface area contributed by atoms with Crippen molar-refractivity contribution in [1.82, 2.24) is 0 Å². The summed E-state index contributed by atoms with van der Waals surface area (Å²) in [6, 6.07) is 0. The summed E-state index contributed by atoms with van der Waals surface area (Å²) in [5, 5.41) is 0. The van der Waals surface area contributed by atoms with Crippen molar-refractivity contribution in [2.24, 2.45) is 5.92 Å². The van der Waals surface area contributed by atoms with Crippen LogP contribution < -0.4 is 0 Å². The van der Waals surface area contributed by atoms with Crippen LogP contribution in [0.2, 0.25) is 0 Å². The minimum atomic E-state index is -3.92. The summed E-state index contributed by atoms with van der Waals surface area (Å²) in [6.07, 6.45) is -3.62. The lowest BCUT2D eigenvalue weighted by molar-refractivity contribution is -0.0682. The molecule has 2 radical (unpaired) electrons. The van der Waals surface area contributed by atoms with Crippen molar-refractivity contribution in [1.29, 1.82) is 0 Å². The lowest BCUT2D eigenvalue weighted by Gasteiger charge is -2.14. The van der Waals surface area contributed by atoms with E-state index in [1.807, 2.05) is 0 Å². The first-order chi connectivity index (χ1) is 4.86. The molecule has 1 atom stereocenters. The Labute approximate surface area is 63.6 Å². The smallest absolute Gasteiger partial charge is 0.200 e. The fourth-order valence-electron chi connectivity index (χ4n) is 0.522. The Kier molecular flexibility index (Phi) is 3.83. The van der Waals surface area contributed by atoms with Crippen molar-refractivity contribution in [2.75, 3.05) is 0 Å². The van der Waals surface area contributed by atoms with Gasteiger partial charge in [0.15, 0.2) is 0 Å². The molecule has 66 valence electrons. The van der Waals surface area contributed by atoms with Gasteiger partial charge in [0.25, 0.3) is 0 Å². The van der Waals surface area contributed by atoms with Gasteiger partial charge in [-0.25, -0.2) is 0 Å². The zero-order valence-electron chi connectivity index (χ0n) is 6.21. The molecule has 11 heavy (non-hydrogen) atoms. The number of halogens is 4. The van der Waals surface area contributed by atoms with Crippen molar-refractivity contribution in [3.8, 4) is 0 Å². The van der Waals surface area contributed by atoms with Crippen molar-refractivity contribution in [2.45, 2.75) is 25.7 Å². The quantitative estimate of drug-likeness (QED) is 0.568. The van der Waals surface area contributed by atoms with Gasteiger partial charge in [-0.2, -0.15) is 17.6 Å². The lowest BCUT2D eigenvalue weighted by Crippen LogP contribution is -2.20. The molecule has 1 unspecified atom stereocenters. The number of hydrogen-bond acceptors (Lipinski definition) is 0. The van der Waals surface area contributed by atoms with E-state index >= 15 is 0 Å². The molecule has 0 amide bonds. The Morgan fingerprint density at radius 1 is 1.45 bits per heavy atom. The van der Waals surface area contributed by atoms with Crippen LogP contribution >= 0.6 is 0 Å². The molecule has 0 aromatic rings. The van der Waals surface area contributed by atoms with Crippen LogP contribution in [0, 0.1) is 19.3 Å². The lowest BCUT2D eigenvalue weighted by atomic mass is 10.0. The fourth-order valence-corrected chi connectivity index (χ4v) is 0.522. The van der Waals surface area contributed by atoms with E-state index < -0.39 is 18.8 Å². The molecule has 0 saturated carbocycles. The van der Waals surface area contributed by atoms with Gasteiger partial charge >= 0.3 is 12.3 Å². The molecule has 0 saturated heterocycles. The average molecular weight is 170 g/mol. The molecular weight excluding hydrogens is 160 g/mol. The summed E-state index contributed by atoms with van der Waals surface area (Å²) >= 11 is 0. The molecule has 0 aliphatic heterocycles.